The quantitative estimate of drug-likeness (QED) is 0.746. The summed E-state index contributed by atoms with van der Waals surface area (Å²) in [5.74, 6) is -0.129. The largest absolute Gasteiger partial charge is 0.324 e. The molecule has 24 heavy (non-hydrogen) atoms. The van der Waals surface area contributed by atoms with Gasteiger partial charge in [-0.05, 0) is 35.9 Å². The molecule has 0 radical (unpaired) electrons. The number of aromatic nitrogens is 1. The van der Waals surface area contributed by atoms with Crippen molar-refractivity contribution in [2.45, 2.75) is 6.42 Å². The van der Waals surface area contributed by atoms with Crippen LogP contribution in [0.2, 0.25) is 0 Å². The van der Waals surface area contributed by atoms with E-state index >= 15 is 0 Å². The molecular weight excluding hydrogens is 368 g/mol. The second-order valence-corrected chi connectivity index (χ2v) is 6.23. The molecule has 0 spiro atoms. The van der Waals surface area contributed by atoms with Gasteiger partial charge in [-0.15, -0.1) is 0 Å². The van der Waals surface area contributed by atoms with E-state index in [2.05, 4.69) is 21.2 Å². The van der Waals surface area contributed by atoms with Gasteiger partial charge in [0.25, 0.3) is 5.56 Å². The van der Waals surface area contributed by atoms with Crippen molar-refractivity contribution >= 4 is 27.5 Å². The summed E-state index contributed by atoms with van der Waals surface area (Å²) in [6.45, 7) is 0. The molecule has 0 aliphatic heterocycles. The average molecular weight is 383 g/mol. The Morgan fingerprint density at radius 2 is 1.67 bits per heavy atom. The van der Waals surface area contributed by atoms with Crippen LogP contribution in [-0.2, 0) is 11.2 Å². The standard InChI is InChI=1S/C19H15BrN2O2/c20-15-8-6-14(7-9-15)12-18(23)21-16-10-11-19(24)22(13-16)17-4-2-1-3-5-17/h1-11,13H,12H2,(H,21,23). The van der Waals surface area contributed by atoms with Crippen LogP contribution in [0.25, 0.3) is 5.69 Å². The monoisotopic (exact) mass is 382 g/mol. The Labute approximate surface area is 147 Å². The highest BCUT2D eigenvalue weighted by Crippen LogP contribution is 2.13. The first-order chi connectivity index (χ1) is 11.6. The van der Waals surface area contributed by atoms with Gasteiger partial charge in [0.05, 0.1) is 12.1 Å². The number of hydrogen-bond donors (Lipinski definition) is 1. The normalized spacial score (nSPS) is 10.4. The number of anilines is 1. The zero-order valence-corrected chi connectivity index (χ0v) is 14.4. The predicted octanol–water partition coefficient (Wildman–Crippen LogP) is 3.78. The van der Waals surface area contributed by atoms with Gasteiger partial charge in [-0.25, -0.2) is 0 Å². The first kappa shape index (κ1) is 16.2. The summed E-state index contributed by atoms with van der Waals surface area (Å²) in [7, 11) is 0. The molecule has 1 aromatic heterocycles. The van der Waals surface area contributed by atoms with Crippen LogP contribution in [0.3, 0.4) is 0 Å². The van der Waals surface area contributed by atoms with Crippen LogP contribution < -0.4 is 10.9 Å². The summed E-state index contributed by atoms with van der Waals surface area (Å²) in [5.41, 5.74) is 2.12. The Morgan fingerprint density at radius 3 is 2.38 bits per heavy atom. The summed E-state index contributed by atoms with van der Waals surface area (Å²) in [6.07, 6.45) is 1.91. The summed E-state index contributed by atoms with van der Waals surface area (Å²) in [6, 6.07) is 20.0. The van der Waals surface area contributed by atoms with Crippen molar-refractivity contribution in [1.82, 2.24) is 4.57 Å². The van der Waals surface area contributed by atoms with E-state index < -0.39 is 0 Å². The van der Waals surface area contributed by atoms with Crippen LogP contribution in [0.15, 0.2) is 82.2 Å². The van der Waals surface area contributed by atoms with Gasteiger partial charge in [0.15, 0.2) is 0 Å². The average Bonchev–Trinajstić information content (AvgIpc) is 2.59. The number of amides is 1. The molecule has 0 aliphatic rings. The van der Waals surface area contributed by atoms with Gasteiger partial charge in [0, 0.05) is 22.4 Å². The van der Waals surface area contributed by atoms with Crippen LogP contribution >= 0.6 is 15.9 Å². The lowest BCUT2D eigenvalue weighted by atomic mass is 10.1. The highest BCUT2D eigenvalue weighted by molar-refractivity contribution is 9.10. The van der Waals surface area contributed by atoms with Crippen molar-refractivity contribution in [2.75, 3.05) is 5.32 Å². The molecule has 5 heteroatoms. The van der Waals surface area contributed by atoms with Crippen molar-refractivity contribution in [3.05, 3.63) is 93.3 Å². The lowest BCUT2D eigenvalue weighted by molar-refractivity contribution is -0.115. The van der Waals surface area contributed by atoms with E-state index in [1.807, 2.05) is 54.6 Å². The Morgan fingerprint density at radius 1 is 0.958 bits per heavy atom. The van der Waals surface area contributed by atoms with Gasteiger partial charge < -0.3 is 5.32 Å². The molecule has 3 aromatic rings. The molecule has 1 N–H and O–H groups in total. The molecule has 1 amide bonds. The number of nitrogens with one attached hydrogen (secondary N) is 1. The molecule has 0 bridgehead atoms. The fourth-order valence-corrected chi connectivity index (χ4v) is 2.61. The van der Waals surface area contributed by atoms with E-state index in [0.29, 0.717) is 5.69 Å². The molecule has 120 valence electrons. The van der Waals surface area contributed by atoms with Crippen molar-refractivity contribution in [2.24, 2.45) is 0 Å². The predicted molar refractivity (Wildman–Crippen MR) is 98.5 cm³/mol. The zero-order valence-electron chi connectivity index (χ0n) is 12.8. The molecular formula is C19H15BrN2O2. The number of halogens is 1. The number of hydrogen-bond acceptors (Lipinski definition) is 2. The van der Waals surface area contributed by atoms with E-state index in [1.165, 1.54) is 10.6 Å². The lowest BCUT2D eigenvalue weighted by Gasteiger charge is -2.09. The summed E-state index contributed by atoms with van der Waals surface area (Å²) >= 11 is 3.37. The van der Waals surface area contributed by atoms with Gasteiger partial charge >= 0.3 is 0 Å². The number of rotatable bonds is 4. The van der Waals surface area contributed by atoms with Crippen molar-refractivity contribution in [3.63, 3.8) is 0 Å². The van der Waals surface area contributed by atoms with Crippen LogP contribution in [-0.4, -0.2) is 10.5 Å². The Balaban J connectivity index is 1.77. The minimum absolute atomic E-state index is 0.129. The minimum atomic E-state index is -0.146. The van der Waals surface area contributed by atoms with Gasteiger partial charge in [-0.1, -0.05) is 46.3 Å². The minimum Gasteiger partial charge on any atom is -0.324 e. The number of benzene rings is 2. The zero-order chi connectivity index (χ0) is 16.9. The van der Waals surface area contributed by atoms with Crippen LogP contribution in [0.4, 0.5) is 5.69 Å². The molecule has 4 nitrogen and oxygen atoms in total. The van der Waals surface area contributed by atoms with E-state index in [0.717, 1.165) is 15.7 Å². The maximum Gasteiger partial charge on any atom is 0.255 e. The van der Waals surface area contributed by atoms with Crippen LogP contribution in [0, 0.1) is 0 Å². The second kappa shape index (κ2) is 7.27. The van der Waals surface area contributed by atoms with E-state index in [1.54, 1.807) is 12.3 Å². The summed E-state index contributed by atoms with van der Waals surface area (Å²) in [4.78, 5) is 24.2. The number of carbonyl (C=O) groups is 1. The van der Waals surface area contributed by atoms with Gasteiger partial charge in [-0.3, -0.25) is 14.2 Å². The smallest absolute Gasteiger partial charge is 0.255 e. The lowest BCUT2D eigenvalue weighted by Crippen LogP contribution is -2.20. The molecule has 0 aliphatic carbocycles. The molecule has 3 rings (SSSR count). The third-order valence-electron chi connectivity index (χ3n) is 3.51. The van der Waals surface area contributed by atoms with Crippen molar-refractivity contribution in [3.8, 4) is 5.69 Å². The van der Waals surface area contributed by atoms with Crippen molar-refractivity contribution in [1.29, 1.82) is 0 Å². The van der Waals surface area contributed by atoms with Gasteiger partial charge in [0.1, 0.15) is 0 Å². The third-order valence-corrected chi connectivity index (χ3v) is 4.04. The van der Waals surface area contributed by atoms with Crippen LogP contribution in [0.1, 0.15) is 5.56 Å². The highest BCUT2D eigenvalue weighted by Gasteiger charge is 2.06. The van der Waals surface area contributed by atoms with Gasteiger partial charge in [0.2, 0.25) is 5.91 Å². The number of para-hydroxylation sites is 1. The summed E-state index contributed by atoms with van der Waals surface area (Å²) in [5, 5.41) is 2.83. The first-order valence-electron chi connectivity index (χ1n) is 7.44. The Kier molecular flexibility index (Phi) is 4.91. The third kappa shape index (κ3) is 4.00. The number of carbonyl (C=O) groups excluding carboxylic acids is 1. The Bertz CT molecular complexity index is 903. The molecule has 0 atom stereocenters. The van der Waals surface area contributed by atoms with E-state index in [-0.39, 0.29) is 17.9 Å². The fraction of sp³-hybridized carbons (Fsp3) is 0.0526. The van der Waals surface area contributed by atoms with Gasteiger partial charge in [-0.2, -0.15) is 0 Å². The molecule has 2 aromatic carbocycles. The Hall–Kier alpha value is -2.66. The highest BCUT2D eigenvalue weighted by atomic mass is 79.9. The maximum absolute atomic E-state index is 12.2. The fourth-order valence-electron chi connectivity index (χ4n) is 2.34. The van der Waals surface area contributed by atoms with E-state index in [4.69, 9.17) is 0 Å². The SMILES string of the molecule is O=C(Cc1ccc(Br)cc1)Nc1ccc(=O)n(-c2ccccc2)c1. The topological polar surface area (TPSA) is 51.1 Å². The van der Waals surface area contributed by atoms with Crippen LogP contribution in [0.5, 0.6) is 0 Å². The molecule has 0 unspecified atom stereocenters. The maximum atomic E-state index is 12.2. The first-order valence-corrected chi connectivity index (χ1v) is 8.23. The number of pyridine rings is 1. The molecule has 0 fully saturated rings. The summed E-state index contributed by atoms with van der Waals surface area (Å²) < 4.78 is 2.48. The molecule has 0 saturated heterocycles. The molecule has 0 saturated carbocycles. The molecule has 1 heterocycles. The van der Waals surface area contributed by atoms with Crippen molar-refractivity contribution < 1.29 is 4.79 Å². The number of nitrogens with zero attached hydrogens (tertiary/aromatic N) is 1. The van der Waals surface area contributed by atoms with E-state index in [9.17, 15) is 9.59 Å². The second-order valence-electron chi connectivity index (χ2n) is 5.31.